The van der Waals surface area contributed by atoms with Crippen LogP contribution in [0.1, 0.15) is 32.1 Å². The van der Waals surface area contributed by atoms with Crippen molar-refractivity contribution in [3.63, 3.8) is 0 Å². The molecule has 1 unspecified atom stereocenters. The van der Waals surface area contributed by atoms with Crippen molar-refractivity contribution in [2.75, 3.05) is 19.6 Å². The van der Waals surface area contributed by atoms with Gasteiger partial charge in [-0.05, 0) is 32.0 Å². The van der Waals surface area contributed by atoms with Crippen LogP contribution in [0, 0.1) is 0 Å². The first kappa shape index (κ1) is 10.7. The maximum atomic E-state index is 5.48. The number of rotatable bonds is 5. The minimum Gasteiger partial charge on any atom is -0.468 e. The van der Waals surface area contributed by atoms with Crippen molar-refractivity contribution < 1.29 is 4.42 Å². The van der Waals surface area contributed by atoms with Crippen LogP contribution in [0.3, 0.4) is 0 Å². The van der Waals surface area contributed by atoms with E-state index >= 15 is 0 Å². The Hall–Kier alpha value is -0.800. The largest absolute Gasteiger partial charge is 0.468 e. The van der Waals surface area contributed by atoms with Crippen LogP contribution in [-0.4, -0.2) is 30.6 Å². The molecule has 1 aromatic heterocycles. The number of furan rings is 1. The fraction of sp³-hybridized carbons (Fsp3) is 0.667. The van der Waals surface area contributed by atoms with Crippen molar-refractivity contribution in [1.82, 2.24) is 10.2 Å². The van der Waals surface area contributed by atoms with E-state index in [1.807, 2.05) is 6.07 Å². The van der Waals surface area contributed by atoms with E-state index in [4.69, 9.17) is 4.42 Å². The monoisotopic (exact) mass is 208 g/mol. The van der Waals surface area contributed by atoms with E-state index in [1.54, 1.807) is 6.26 Å². The quantitative estimate of drug-likeness (QED) is 0.802. The Bertz CT molecular complexity index is 280. The number of hydrogen-bond acceptors (Lipinski definition) is 3. The van der Waals surface area contributed by atoms with Crippen LogP contribution in [0.2, 0.25) is 0 Å². The van der Waals surface area contributed by atoms with Gasteiger partial charge >= 0.3 is 0 Å². The first-order valence-electron chi connectivity index (χ1n) is 5.82. The molecule has 0 radical (unpaired) electrons. The molecule has 1 fully saturated rings. The number of hydrogen-bond donors (Lipinski definition) is 1. The van der Waals surface area contributed by atoms with Gasteiger partial charge < -0.3 is 9.73 Å². The van der Waals surface area contributed by atoms with Crippen LogP contribution in [0.4, 0.5) is 0 Å². The predicted molar refractivity (Wildman–Crippen MR) is 60.8 cm³/mol. The number of nitrogens with zero attached hydrogens (tertiary/aromatic N) is 1. The first-order valence-corrected chi connectivity index (χ1v) is 5.82. The molecule has 3 nitrogen and oxygen atoms in total. The standard InChI is InChI=1S/C12H20N2O/c1-3-6-14(11-8-13-9-11)10(2)12-5-4-7-15-12/h4-5,7,10-11,13H,3,6,8-9H2,1-2H3. The average Bonchev–Trinajstić information content (AvgIpc) is 2.66. The van der Waals surface area contributed by atoms with Crippen LogP contribution >= 0.6 is 0 Å². The SMILES string of the molecule is CCCN(C1CNC1)C(C)c1ccco1. The van der Waals surface area contributed by atoms with E-state index in [1.165, 1.54) is 6.42 Å². The average molecular weight is 208 g/mol. The molecule has 0 amide bonds. The zero-order valence-electron chi connectivity index (χ0n) is 9.57. The van der Waals surface area contributed by atoms with Crippen LogP contribution in [0.15, 0.2) is 22.8 Å². The van der Waals surface area contributed by atoms with Gasteiger partial charge in [-0.1, -0.05) is 6.92 Å². The Morgan fingerprint density at radius 1 is 1.60 bits per heavy atom. The van der Waals surface area contributed by atoms with E-state index in [0.717, 1.165) is 25.4 Å². The van der Waals surface area contributed by atoms with Gasteiger partial charge in [0.25, 0.3) is 0 Å². The first-order chi connectivity index (χ1) is 7.33. The van der Waals surface area contributed by atoms with Gasteiger partial charge in [-0.15, -0.1) is 0 Å². The van der Waals surface area contributed by atoms with Gasteiger partial charge in [0.2, 0.25) is 0 Å². The van der Waals surface area contributed by atoms with E-state index in [2.05, 4.69) is 30.1 Å². The molecule has 84 valence electrons. The van der Waals surface area contributed by atoms with E-state index in [0.29, 0.717) is 12.1 Å². The summed E-state index contributed by atoms with van der Waals surface area (Å²) in [5.41, 5.74) is 0. The zero-order chi connectivity index (χ0) is 10.7. The van der Waals surface area contributed by atoms with Crippen molar-refractivity contribution in [3.05, 3.63) is 24.2 Å². The lowest BCUT2D eigenvalue weighted by Gasteiger charge is -2.41. The molecule has 1 aliphatic rings. The second kappa shape index (κ2) is 4.81. The molecule has 0 aromatic carbocycles. The lowest BCUT2D eigenvalue weighted by molar-refractivity contribution is 0.0914. The minimum atomic E-state index is 0.395. The third-order valence-corrected chi connectivity index (χ3v) is 3.16. The highest BCUT2D eigenvalue weighted by Gasteiger charge is 2.29. The second-order valence-corrected chi connectivity index (χ2v) is 4.24. The molecule has 0 spiro atoms. The van der Waals surface area contributed by atoms with Gasteiger partial charge in [0.1, 0.15) is 5.76 Å². The van der Waals surface area contributed by atoms with Crippen LogP contribution in [-0.2, 0) is 0 Å². The molecular weight excluding hydrogens is 188 g/mol. The van der Waals surface area contributed by atoms with Gasteiger partial charge in [0.15, 0.2) is 0 Å². The van der Waals surface area contributed by atoms with Gasteiger partial charge in [-0.3, -0.25) is 4.90 Å². The highest BCUT2D eigenvalue weighted by Crippen LogP contribution is 2.24. The van der Waals surface area contributed by atoms with Crippen molar-refractivity contribution in [2.24, 2.45) is 0 Å². The van der Waals surface area contributed by atoms with Crippen molar-refractivity contribution in [1.29, 1.82) is 0 Å². The Balaban J connectivity index is 2.03. The van der Waals surface area contributed by atoms with E-state index in [-0.39, 0.29) is 0 Å². The molecule has 2 rings (SSSR count). The normalized spacial score (nSPS) is 19.1. The lowest BCUT2D eigenvalue weighted by atomic mass is 10.1. The second-order valence-electron chi connectivity index (χ2n) is 4.24. The van der Waals surface area contributed by atoms with Gasteiger partial charge in [0.05, 0.1) is 12.3 Å². The molecule has 0 saturated carbocycles. The van der Waals surface area contributed by atoms with E-state index in [9.17, 15) is 0 Å². The van der Waals surface area contributed by atoms with Gasteiger partial charge in [0, 0.05) is 19.1 Å². The molecule has 3 heteroatoms. The summed E-state index contributed by atoms with van der Waals surface area (Å²) < 4.78 is 5.48. The Labute approximate surface area is 91.4 Å². The predicted octanol–water partition coefficient (Wildman–Crippen LogP) is 2.02. The fourth-order valence-electron chi connectivity index (χ4n) is 2.15. The highest BCUT2D eigenvalue weighted by atomic mass is 16.3. The molecule has 1 saturated heterocycles. The Kier molecular flexibility index (Phi) is 3.44. The van der Waals surface area contributed by atoms with Crippen LogP contribution in [0.5, 0.6) is 0 Å². The fourth-order valence-corrected chi connectivity index (χ4v) is 2.15. The Morgan fingerprint density at radius 2 is 2.40 bits per heavy atom. The summed E-state index contributed by atoms with van der Waals surface area (Å²) >= 11 is 0. The van der Waals surface area contributed by atoms with Crippen molar-refractivity contribution in [2.45, 2.75) is 32.4 Å². The summed E-state index contributed by atoms with van der Waals surface area (Å²) in [5, 5.41) is 3.33. The third kappa shape index (κ3) is 2.24. The molecule has 15 heavy (non-hydrogen) atoms. The third-order valence-electron chi connectivity index (χ3n) is 3.16. The maximum absolute atomic E-state index is 5.48. The summed E-state index contributed by atoms with van der Waals surface area (Å²) in [7, 11) is 0. The summed E-state index contributed by atoms with van der Waals surface area (Å²) in [5.74, 6) is 1.08. The minimum absolute atomic E-state index is 0.395. The molecule has 1 N–H and O–H groups in total. The van der Waals surface area contributed by atoms with Gasteiger partial charge in [-0.25, -0.2) is 0 Å². The molecule has 1 aromatic rings. The van der Waals surface area contributed by atoms with Gasteiger partial charge in [-0.2, -0.15) is 0 Å². The molecule has 1 aliphatic heterocycles. The lowest BCUT2D eigenvalue weighted by Crippen LogP contribution is -2.57. The molecule has 0 aliphatic carbocycles. The highest BCUT2D eigenvalue weighted by molar-refractivity contribution is 5.05. The topological polar surface area (TPSA) is 28.4 Å². The number of nitrogens with one attached hydrogen (secondary N) is 1. The molecule has 2 heterocycles. The van der Waals surface area contributed by atoms with Crippen LogP contribution < -0.4 is 5.32 Å². The summed E-state index contributed by atoms with van der Waals surface area (Å²) in [6.45, 7) is 7.84. The summed E-state index contributed by atoms with van der Waals surface area (Å²) in [4.78, 5) is 2.54. The maximum Gasteiger partial charge on any atom is 0.120 e. The van der Waals surface area contributed by atoms with Crippen molar-refractivity contribution >= 4 is 0 Å². The Morgan fingerprint density at radius 3 is 2.87 bits per heavy atom. The summed E-state index contributed by atoms with van der Waals surface area (Å²) in [6, 6.07) is 5.12. The molecule has 0 bridgehead atoms. The van der Waals surface area contributed by atoms with Crippen LogP contribution in [0.25, 0.3) is 0 Å². The molecular formula is C12H20N2O. The zero-order valence-corrected chi connectivity index (χ0v) is 9.57. The van der Waals surface area contributed by atoms with E-state index < -0.39 is 0 Å². The smallest absolute Gasteiger partial charge is 0.120 e. The van der Waals surface area contributed by atoms with Crippen molar-refractivity contribution in [3.8, 4) is 0 Å². The summed E-state index contributed by atoms with van der Waals surface area (Å²) in [6.07, 6.45) is 2.95. The molecule has 1 atom stereocenters.